The molecule has 1 heterocycles. The minimum absolute atomic E-state index is 0.443. The lowest BCUT2D eigenvalue weighted by Gasteiger charge is -2.20. The molecule has 1 fully saturated rings. The molecule has 0 amide bonds. The van der Waals surface area contributed by atoms with Crippen LogP contribution in [0.2, 0.25) is 5.28 Å². The summed E-state index contributed by atoms with van der Waals surface area (Å²) >= 11 is -1.18. The Labute approximate surface area is 58.9 Å². The van der Waals surface area contributed by atoms with Crippen molar-refractivity contribution in [2.24, 2.45) is 0 Å². The Hall–Kier alpha value is 0.782. The van der Waals surface area contributed by atoms with E-state index in [9.17, 15) is 0 Å². The molecule has 0 spiro atoms. The third-order valence-electron chi connectivity index (χ3n) is 1.42. The van der Waals surface area contributed by atoms with Gasteiger partial charge >= 0.3 is 13.6 Å². The van der Waals surface area contributed by atoms with Gasteiger partial charge in [-0.15, -0.1) is 0 Å². The van der Waals surface area contributed by atoms with Crippen LogP contribution in [-0.2, 0) is 3.79 Å². The van der Waals surface area contributed by atoms with E-state index in [1.54, 1.807) is 0 Å². The van der Waals surface area contributed by atoms with Crippen molar-refractivity contribution >= 4 is 23.6 Å². The molecule has 8 heavy (non-hydrogen) atoms. The van der Waals surface area contributed by atoms with Crippen molar-refractivity contribution in [2.75, 3.05) is 0 Å². The summed E-state index contributed by atoms with van der Waals surface area (Å²) < 4.78 is 5.39. The minimum Gasteiger partial charge on any atom is -0.487 e. The first-order valence-electron chi connectivity index (χ1n) is 3.08. The average molecular weight is 149 g/mol. The molecule has 0 aromatic rings. The molecule has 1 rings (SSSR count). The highest BCUT2D eigenvalue weighted by molar-refractivity contribution is 7.03. The summed E-state index contributed by atoms with van der Waals surface area (Å²) in [5.74, 6) is 0. The highest BCUT2D eigenvalue weighted by Gasteiger charge is 2.24. The van der Waals surface area contributed by atoms with E-state index in [0.29, 0.717) is 6.10 Å². The molecule has 0 N–H and O–H groups in total. The van der Waals surface area contributed by atoms with Crippen LogP contribution in [0.25, 0.3) is 0 Å². The highest BCUT2D eigenvalue weighted by atomic mass is 35.6. The predicted octanol–water partition coefficient (Wildman–Crippen LogP) is 1.91. The highest BCUT2D eigenvalue weighted by Crippen LogP contribution is 2.18. The lowest BCUT2D eigenvalue weighted by molar-refractivity contribution is 0.198. The molecule has 1 unspecified atom stereocenters. The lowest BCUT2D eigenvalue weighted by Crippen LogP contribution is -2.23. The van der Waals surface area contributed by atoms with Gasteiger partial charge < -0.3 is 3.79 Å². The molecule has 1 saturated heterocycles. The maximum Gasteiger partial charge on any atom is 0.591 e. The Morgan fingerprint density at radius 1 is 1.75 bits per heavy atom. The first kappa shape index (κ1) is 6.90. The van der Waals surface area contributed by atoms with Crippen molar-refractivity contribution in [3.8, 4) is 0 Å². The zero-order valence-corrected chi connectivity index (χ0v) is 6.97. The molecule has 0 aromatic carbocycles. The van der Waals surface area contributed by atoms with E-state index in [1.807, 2.05) is 0 Å². The van der Waals surface area contributed by atoms with Crippen LogP contribution in [0, 0.1) is 0 Å². The van der Waals surface area contributed by atoms with Gasteiger partial charge in [0.05, 0.1) is 0 Å². The Morgan fingerprint density at radius 3 is 2.88 bits per heavy atom. The van der Waals surface area contributed by atoms with Gasteiger partial charge in [-0.05, 0) is 13.3 Å². The zero-order chi connectivity index (χ0) is 5.98. The van der Waals surface area contributed by atoms with Gasteiger partial charge in [0.2, 0.25) is 0 Å². The van der Waals surface area contributed by atoms with Gasteiger partial charge in [-0.3, -0.25) is 0 Å². The zero-order valence-electron chi connectivity index (χ0n) is 5.06. The fraction of sp³-hybridized carbons (Fsp3) is 1.00. The molecule has 3 heteroatoms. The molecule has 0 saturated carbocycles. The second-order valence-electron chi connectivity index (χ2n) is 2.29. The smallest absolute Gasteiger partial charge is 0.487 e. The lowest BCUT2D eigenvalue weighted by atomic mass is 10.2. The van der Waals surface area contributed by atoms with Crippen LogP contribution in [-0.4, -0.2) is 19.7 Å². The summed E-state index contributed by atoms with van der Waals surface area (Å²) in [6.07, 6.45) is 2.93. The summed E-state index contributed by atoms with van der Waals surface area (Å²) in [7, 11) is 5.83. The van der Waals surface area contributed by atoms with Crippen molar-refractivity contribution in [1.82, 2.24) is 0 Å². The van der Waals surface area contributed by atoms with Gasteiger partial charge in [-0.2, -0.15) is 0 Å². The quantitative estimate of drug-likeness (QED) is 0.477. The summed E-state index contributed by atoms with van der Waals surface area (Å²) in [6.45, 7) is 2.10. The van der Waals surface area contributed by atoms with Crippen molar-refractivity contribution < 1.29 is 3.79 Å². The normalized spacial score (nSPS) is 30.8. The molecule has 0 aliphatic carbocycles. The predicted molar refractivity (Wildman–Crippen MR) is 36.2 cm³/mol. The van der Waals surface area contributed by atoms with Crippen LogP contribution < -0.4 is 0 Å². The van der Waals surface area contributed by atoms with Crippen molar-refractivity contribution in [3.05, 3.63) is 0 Å². The van der Waals surface area contributed by atoms with E-state index in [2.05, 4.69) is 6.92 Å². The van der Waals surface area contributed by atoms with E-state index >= 15 is 0 Å². The Balaban J connectivity index is 2.23. The summed E-state index contributed by atoms with van der Waals surface area (Å²) in [6, 6.07) is 0. The summed E-state index contributed by atoms with van der Waals surface area (Å²) in [5.41, 5.74) is 0. The van der Waals surface area contributed by atoms with E-state index in [-0.39, 0.29) is 0 Å². The second kappa shape index (κ2) is 3.08. The molecule has 1 nitrogen and oxygen atoms in total. The van der Waals surface area contributed by atoms with Gasteiger partial charge in [0.15, 0.2) is 0 Å². The van der Waals surface area contributed by atoms with Gasteiger partial charge in [0, 0.05) is 6.10 Å². The SMILES string of the molecule is CC1CC[CH2][Al]([Cl])[O]1. The van der Waals surface area contributed by atoms with Crippen molar-refractivity contribution in [1.29, 1.82) is 0 Å². The van der Waals surface area contributed by atoms with Crippen molar-refractivity contribution in [3.63, 3.8) is 0 Å². The Bertz CT molecular complexity index is 70.8. The first-order chi connectivity index (χ1) is 3.79. The average Bonchev–Trinajstić information content (AvgIpc) is 1.64. The number of hydrogen-bond donors (Lipinski definition) is 0. The molecule has 1 aliphatic heterocycles. The van der Waals surface area contributed by atoms with Gasteiger partial charge in [0.25, 0.3) is 0 Å². The molecule has 46 valence electrons. The molecular weight excluding hydrogens is 138 g/mol. The molecule has 0 radical (unpaired) electrons. The van der Waals surface area contributed by atoms with E-state index < -0.39 is 13.6 Å². The number of hydrogen-bond acceptors (Lipinski definition) is 1. The van der Waals surface area contributed by atoms with E-state index in [4.69, 9.17) is 13.8 Å². The molecule has 0 bridgehead atoms. The van der Waals surface area contributed by atoms with Crippen molar-refractivity contribution in [2.45, 2.75) is 31.2 Å². The van der Waals surface area contributed by atoms with Crippen LogP contribution in [0.15, 0.2) is 0 Å². The fourth-order valence-corrected chi connectivity index (χ4v) is 3.28. The Kier molecular flexibility index (Phi) is 2.65. The van der Waals surface area contributed by atoms with Crippen LogP contribution in [0.1, 0.15) is 19.8 Å². The third kappa shape index (κ3) is 1.95. The molecule has 0 aromatic heterocycles. The molecular formula is C5H10AlClO. The summed E-state index contributed by atoms with van der Waals surface area (Å²) in [5, 5.41) is 1.16. The van der Waals surface area contributed by atoms with Gasteiger partial charge in [-0.25, -0.2) is 10.0 Å². The number of halogens is 1. The molecule has 1 aliphatic rings. The first-order valence-corrected chi connectivity index (χ1v) is 6.12. The monoisotopic (exact) mass is 148 g/mol. The largest absolute Gasteiger partial charge is 0.591 e. The number of rotatable bonds is 0. The van der Waals surface area contributed by atoms with Crippen LogP contribution in [0.4, 0.5) is 0 Å². The maximum atomic E-state index is 5.83. The van der Waals surface area contributed by atoms with E-state index in [0.717, 1.165) is 5.28 Å². The van der Waals surface area contributed by atoms with Gasteiger partial charge in [0.1, 0.15) is 0 Å². The van der Waals surface area contributed by atoms with E-state index in [1.165, 1.54) is 12.8 Å². The fourth-order valence-electron chi connectivity index (χ4n) is 0.954. The third-order valence-corrected chi connectivity index (χ3v) is 4.01. The Morgan fingerprint density at radius 2 is 2.50 bits per heavy atom. The maximum absolute atomic E-state index is 5.83. The topological polar surface area (TPSA) is 9.23 Å². The summed E-state index contributed by atoms with van der Waals surface area (Å²) in [4.78, 5) is 0. The van der Waals surface area contributed by atoms with Gasteiger partial charge in [-0.1, -0.05) is 11.7 Å². The standard InChI is InChI=1S/C5H10O.Al.ClH/c1-3-4-5(2)6;;/h5H,1,3-4H2,2H3;;1H/q-1;+2;/p-1. The minimum atomic E-state index is -1.18. The molecule has 1 atom stereocenters. The van der Waals surface area contributed by atoms with Crippen LogP contribution >= 0.6 is 10.0 Å². The second-order valence-corrected chi connectivity index (χ2v) is 5.42. The van der Waals surface area contributed by atoms with Crippen LogP contribution in [0.3, 0.4) is 0 Å². The van der Waals surface area contributed by atoms with Crippen LogP contribution in [0.5, 0.6) is 0 Å².